The second-order valence-electron chi connectivity index (χ2n) is 8.97. The Morgan fingerprint density at radius 2 is 1.54 bits per heavy atom. The summed E-state index contributed by atoms with van der Waals surface area (Å²) in [7, 11) is 0. The number of hydrogen-bond acceptors (Lipinski definition) is 5. The zero-order valence-corrected chi connectivity index (χ0v) is 25.2. The first-order valence-electron chi connectivity index (χ1n) is 13.1. The average molecular weight is 596 g/mol. The topological polar surface area (TPSA) is 81.8 Å². The van der Waals surface area contributed by atoms with E-state index in [0.29, 0.717) is 18.2 Å². The van der Waals surface area contributed by atoms with Gasteiger partial charge in [0.25, 0.3) is 0 Å². The van der Waals surface area contributed by atoms with E-state index in [1.807, 2.05) is 73.8 Å². The molecule has 210 valence electrons. The molecule has 1 saturated heterocycles. The summed E-state index contributed by atoms with van der Waals surface area (Å²) < 4.78 is 4.94. The van der Waals surface area contributed by atoms with Crippen molar-refractivity contribution in [2.45, 2.75) is 70.9 Å². The van der Waals surface area contributed by atoms with Gasteiger partial charge in [-0.3, -0.25) is 14.6 Å². The van der Waals surface area contributed by atoms with E-state index in [4.69, 9.17) is 23.3 Å². The van der Waals surface area contributed by atoms with Crippen LogP contribution in [0.4, 0.5) is 0 Å². The number of nitrogens with zero attached hydrogens (tertiary/aromatic N) is 1. The van der Waals surface area contributed by atoms with Gasteiger partial charge in [-0.2, -0.15) is 0 Å². The van der Waals surface area contributed by atoms with Gasteiger partial charge < -0.3 is 10.5 Å². The molecule has 2 N–H and O–H groups in total. The van der Waals surface area contributed by atoms with Gasteiger partial charge in [0.05, 0.1) is 10.9 Å². The van der Waals surface area contributed by atoms with Crippen molar-refractivity contribution in [2.24, 2.45) is 10.7 Å². The van der Waals surface area contributed by atoms with Gasteiger partial charge in [-0.25, -0.2) is 0 Å². The van der Waals surface area contributed by atoms with Gasteiger partial charge in [0, 0.05) is 26.1 Å². The van der Waals surface area contributed by atoms with Crippen molar-refractivity contribution in [3.63, 3.8) is 0 Å². The lowest BCUT2D eigenvalue weighted by molar-refractivity contribution is -0.122. The van der Waals surface area contributed by atoms with E-state index in [0.717, 1.165) is 30.8 Å². The first-order valence-corrected chi connectivity index (χ1v) is 14.3. The van der Waals surface area contributed by atoms with Gasteiger partial charge in [-0.05, 0) is 56.9 Å². The third-order valence-electron chi connectivity index (χ3n) is 5.59. The Hall–Kier alpha value is -3.03. The minimum atomic E-state index is -0.921. The number of ketones is 2. The third-order valence-corrected chi connectivity index (χ3v) is 5.92. The second-order valence-corrected chi connectivity index (χ2v) is 9.53. The summed E-state index contributed by atoms with van der Waals surface area (Å²) in [6.45, 7) is 7.10. The molecule has 0 aromatic heterocycles. The Balaban J connectivity index is 0.000000563. The molecule has 0 amide bonds. The van der Waals surface area contributed by atoms with Crippen LogP contribution in [0.25, 0.3) is 0 Å². The normalized spacial score (nSPS) is 13.9. The van der Waals surface area contributed by atoms with Crippen LogP contribution in [0.2, 0.25) is 0 Å². The van der Waals surface area contributed by atoms with Crippen LogP contribution in [0.15, 0.2) is 65.7 Å². The van der Waals surface area contributed by atoms with Crippen LogP contribution in [0.3, 0.4) is 0 Å². The van der Waals surface area contributed by atoms with Crippen LogP contribution in [-0.2, 0) is 27.2 Å². The van der Waals surface area contributed by atoms with E-state index >= 15 is 0 Å². The number of rotatable bonds is 9. The summed E-state index contributed by atoms with van der Waals surface area (Å²) in [6.07, 6.45) is 16.7. The highest BCUT2D eigenvalue weighted by Gasteiger charge is 2.29. The van der Waals surface area contributed by atoms with Crippen molar-refractivity contribution in [3.8, 4) is 24.7 Å². The molecule has 39 heavy (non-hydrogen) atoms. The van der Waals surface area contributed by atoms with Gasteiger partial charge in [-0.15, -0.1) is 18.8 Å². The highest BCUT2D eigenvalue weighted by molar-refractivity contribution is 9.09. The van der Waals surface area contributed by atoms with Crippen molar-refractivity contribution >= 4 is 33.7 Å². The first-order chi connectivity index (χ1) is 18.7. The molecule has 0 saturated carbocycles. The molecule has 1 aliphatic rings. The lowest BCUT2D eigenvalue weighted by Gasteiger charge is -2.24. The van der Waals surface area contributed by atoms with Crippen molar-refractivity contribution in [1.29, 1.82) is 0 Å². The Morgan fingerprint density at radius 3 is 1.90 bits per heavy atom. The molecule has 1 aliphatic heterocycles. The molecule has 0 aliphatic carbocycles. The summed E-state index contributed by atoms with van der Waals surface area (Å²) in [5.74, 6) is 4.87. The van der Waals surface area contributed by atoms with Crippen LogP contribution in [-0.4, -0.2) is 47.9 Å². The number of alkyl halides is 1. The smallest absolute Gasteiger partial charge is 0.154 e. The van der Waals surface area contributed by atoms with Crippen LogP contribution in [0.1, 0.15) is 57.6 Å². The number of aliphatic imine (C=N–C) groups is 1. The first kappa shape index (κ1) is 36.0. The molecule has 1 heterocycles. The monoisotopic (exact) mass is 594 g/mol. The van der Waals surface area contributed by atoms with E-state index in [1.165, 1.54) is 19.8 Å². The van der Waals surface area contributed by atoms with Crippen molar-refractivity contribution in [2.75, 3.05) is 18.5 Å². The van der Waals surface area contributed by atoms with Gasteiger partial charge in [0.1, 0.15) is 6.04 Å². The van der Waals surface area contributed by atoms with Gasteiger partial charge in [0.15, 0.2) is 11.6 Å². The van der Waals surface area contributed by atoms with Crippen LogP contribution in [0, 0.1) is 24.7 Å². The van der Waals surface area contributed by atoms with Crippen molar-refractivity contribution in [3.05, 3.63) is 71.8 Å². The van der Waals surface area contributed by atoms with E-state index in [1.54, 1.807) is 6.92 Å². The number of terminal acetylenes is 2. The second kappa shape index (κ2) is 22.9. The molecule has 0 spiro atoms. The highest BCUT2D eigenvalue weighted by atomic mass is 79.9. The average Bonchev–Trinajstić information content (AvgIpc) is 3.53. The summed E-state index contributed by atoms with van der Waals surface area (Å²) in [5, 5.41) is 0.660. The molecule has 3 rings (SSSR count). The van der Waals surface area contributed by atoms with E-state index in [2.05, 4.69) is 32.8 Å². The van der Waals surface area contributed by atoms with E-state index in [9.17, 15) is 9.59 Å². The molecular weight excluding hydrogens is 552 g/mol. The van der Waals surface area contributed by atoms with Crippen LogP contribution >= 0.6 is 15.9 Å². The zero-order chi connectivity index (χ0) is 29.4. The minimum absolute atomic E-state index is 0.0655. The predicted octanol–water partition coefficient (Wildman–Crippen LogP) is 6.02. The number of halogens is 1. The Kier molecular flexibility index (Phi) is 21.1. The number of nitrogens with two attached hydrogens (primary N) is 1. The Bertz CT molecular complexity index is 1030. The number of benzene rings is 2. The fourth-order valence-corrected chi connectivity index (χ4v) is 3.34. The summed E-state index contributed by atoms with van der Waals surface area (Å²) in [4.78, 5) is 27.0. The highest BCUT2D eigenvalue weighted by Crippen LogP contribution is 2.15. The number of carbonyl (C=O) groups is 2. The summed E-state index contributed by atoms with van der Waals surface area (Å²) in [6, 6.07) is 19.4. The maximum Gasteiger partial charge on any atom is 0.154 e. The van der Waals surface area contributed by atoms with Gasteiger partial charge in [0.2, 0.25) is 0 Å². The molecule has 0 radical (unpaired) electrons. The Morgan fingerprint density at radius 1 is 1.03 bits per heavy atom. The number of carbonyl (C=O) groups excluding carboxylic acids is 2. The molecule has 1 fully saturated rings. The minimum Gasteiger partial charge on any atom is -0.381 e. The van der Waals surface area contributed by atoms with Gasteiger partial charge in [-0.1, -0.05) is 89.4 Å². The fraction of sp³-hybridized carbons (Fsp3) is 0.424. The van der Waals surface area contributed by atoms with Gasteiger partial charge >= 0.3 is 0 Å². The summed E-state index contributed by atoms with van der Waals surface area (Å²) in [5.41, 5.74) is 7.26. The van der Waals surface area contributed by atoms with Crippen molar-refractivity contribution < 1.29 is 14.3 Å². The lowest BCUT2D eigenvalue weighted by Crippen LogP contribution is -2.48. The molecule has 5 nitrogen and oxygen atoms in total. The number of Topliss-reactive ketones (excluding diaryl/α,β-unsaturated/α-hetero) is 2. The van der Waals surface area contributed by atoms with E-state index < -0.39 is 5.54 Å². The summed E-state index contributed by atoms with van der Waals surface area (Å²) >= 11 is 3.01. The third kappa shape index (κ3) is 18.0. The molecule has 2 atom stereocenters. The van der Waals surface area contributed by atoms with E-state index in [-0.39, 0.29) is 24.0 Å². The zero-order valence-electron chi connectivity index (χ0n) is 23.6. The van der Waals surface area contributed by atoms with Crippen LogP contribution in [0.5, 0.6) is 0 Å². The predicted molar refractivity (Wildman–Crippen MR) is 167 cm³/mol. The SMILES string of the molecule is C#CCBr.C#CC[C@](N)(Cc1ccccc1)C(C)=O.C1CCOC1.CCC=NC(Cc1ccccc1)C(C)=O. The Labute approximate surface area is 244 Å². The van der Waals surface area contributed by atoms with Crippen molar-refractivity contribution in [1.82, 2.24) is 0 Å². The largest absolute Gasteiger partial charge is 0.381 e. The molecule has 2 aromatic carbocycles. The number of hydrogen-bond donors (Lipinski definition) is 1. The molecule has 0 bridgehead atoms. The standard InChI is InChI=1S/C13H17NO.C13H15NO.C4H8O.C3H3Br/c1-3-9-14-13(11(2)15)10-12-7-5-4-6-8-12;1-3-9-13(14,11(2)15)10-12-7-5-4-6-8-12;1-2-4-5-3-1;1-2-3-4/h4-9,13H,3,10H2,1-2H3;1,4-8H,9-10,14H2,2H3;1-4H2;1H,3H2/t;13-;;/m.0../s1. The maximum atomic E-state index is 11.4. The molecule has 1 unspecified atom stereocenters. The van der Waals surface area contributed by atoms with Crippen LogP contribution < -0.4 is 5.73 Å². The molecule has 6 heteroatoms. The number of ether oxygens (including phenoxy) is 1. The molecule has 2 aromatic rings. The lowest BCUT2D eigenvalue weighted by atomic mass is 9.85. The molecular formula is C33H43BrN2O3. The fourth-order valence-electron chi connectivity index (χ4n) is 3.34. The quantitative estimate of drug-likeness (QED) is 0.219. The maximum absolute atomic E-state index is 11.4.